The Morgan fingerprint density at radius 3 is 2.78 bits per heavy atom. The van der Waals surface area contributed by atoms with Crippen LogP contribution < -0.4 is 10.2 Å². The Labute approximate surface area is 216 Å². The Morgan fingerprint density at radius 1 is 1.32 bits per heavy atom. The van der Waals surface area contributed by atoms with Gasteiger partial charge in [0.1, 0.15) is 18.2 Å². The number of hydrogen-bond donors (Lipinski definition) is 1. The summed E-state index contributed by atoms with van der Waals surface area (Å²) in [5.74, 6) is 0.633. The zero-order chi connectivity index (χ0) is 26.7. The molecule has 0 spiro atoms. The summed E-state index contributed by atoms with van der Waals surface area (Å²) in [7, 11) is 0. The first-order valence-corrected chi connectivity index (χ1v) is 12.6. The maximum Gasteiger partial charge on any atom is 0.417 e. The van der Waals surface area contributed by atoms with Crippen molar-refractivity contribution in [2.75, 3.05) is 36.5 Å². The van der Waals surface area contributed by atoms with Crippen molar-refractivity contribution in [3.05, 3.63) is 53.6 Å². The van der Waals surface area contributed by atoms with Crippen LogP contribution in [0.1, 0.15) is 50.2 Å². The third-order valence-electron chi connectivity index (χ3n) is 6.87. The SMILES string of the molecule is C=CC(=O)N1CCN(Cc2ccc([C@H](C)Nc3nc(C)nc(N4C(=O)OC[C@@H]4CC)n3)cc2F)C[C@H]1C. The first kappa shape index (κ1) is 26.5. The quantitative estimate of drug-likeness (QED) is 0.538. The summed E-state index contributed by atoms with van der Waals surface area (Å²) in [4.78, 5) is 42.7. The van der Waals surface area contributed by atoms with Gasteiger partial charge in [-0.2, -0.15) is 15.0 Å². The molecule has 11 heteroatoms. The molecule has 0 unspecified atom stereocenters. The number of rotatable bonds is 8. The van der Waals surface area contributed by atoms with Crippen molar-refractivity contribution in [1.29, 1.82) is 0 Å². The molecule has 1 aromatic heterocycles. The Kier molecular flexibility index (Phi) is 8.01. The normalized spacial score (nSPS) is 21.1. The van der Waals surface area contributed by atoms with E-state index in [0.717, 1.165) is 5.56 Å². The van der Waals surface area contributed by atoms with E-state index in [-0.39, 0.29) is 35.8 Å². The third-order valence-corrected chi connectivity index (χ3v) is 6.87. The van der Waals surface area contributed by atoms with Gasteiger partial charge >= 0.3 is 6.09 Å². The molecular weight excluding hydrogens is 477 g/mol. The number of carbonyl (C=O) groups is 2. The maximum atomic E-state index is 15.1. The molecular formula is C26H34FN7O3. The van der Waals surface area contributed by atoms with E-state index in [1.807, 2.05) is 26.8 Å². The second-order valence-electron chi connectivity index (χ2n) is 9.55. The fraction of sp³-hybridized carbons (Fsp3) is 0.500. The van der Waals surface area contributed by atoms with Gasteiger partial charge in [-0.25, -0.2) is 14.1 Å². The lowest BCUT2D eigenvalue weighted by Gasteiger charge is -2.39. The summed E-state index contributed by atoms with van der Waals surface area (Å²) in [5, 5.41) is 3.20. The number of benzene rings is 1. The number of aryl methyl sites for hydroxylation is 1. The number of anilines is 2. The minimum Gasteiger partial charge on any atom is -0.447 e. The molecule has 0 radical (unpaired) electrons. The summed E-state index contributed by atoms with van der Waals surface area (Å²) in [6, 6.07) is 4.82. The smallest absolute Gasteiger partial charge is 0.417 e. The molecule has 37 heavy (non-hydrogen) atoms. The van der Waals surface area contributed by atoms with Gasteiger partial charge < -0.3 is 15.0 Å². The van der Waals surface area contributed by atoms with E-state index >= 15 is 4.39 Å². The molecule has 10 nitrogen and oxygen atoms in total. The molecule has 3 heterocycles. The number of cyclic esters (lactones) is 1. The van der Waals surface area contributed by atoms with Gasteiger partial charge in [-0.15, -0.1) is 0 Å². The third kappa shape index (κ3) is 5.87. The largest absolute Gasteiger partial charge is 0.447 e. The van der Waals surface area contributed by atoms with Gasteiger partial charge in [0.05, 0.1) is 12.1 Å². The lowest BCUT2D eigenvalue weighted by atomic mass is 10.0. The van der Waals surface area contributed by atoms with Gasteiger partial charge in [-0.3, -0.25) is 9.69 Å². The molecule has 2 aliphatic rings. The summed E-state index contributed by atoms with van der Waals surface area (Å²) in [6.07, 6.45) is 1.57. The number of nitrogens with zero attached hydrogens (tertiary/aromatic N) is 6. The van der Waals surface area contributed by atoms with Gasteiger partial charge in [0, 0.05) is 37.8 Å². The molecule has 4 rings (SSSR count). The minimum absolute atomic E-state index is 0.0366. The van der Waals surface area contributed by atoms with Crippen molar-refractivity contribution >= 4 is 23.9 Å². The molecule has 3 atom stereocenters. The number of carbonyl (C=O) groups excluding carboxylic acids is 2. The minimum atomic E-state index is -0.475. The average Bonchev–Trinajstić information content (AvgIpc) is 3.25. The number of amides is 2. The lowest BCUT2D eigenvalue weighted by molar-refractivity contribution is -0.130. The van der Waals surface area contributed by atoms with Gasteiger partial charge in [0.2, 0.25) is 17.8 Å². The van der Waals surface area contributed by atoms with Gasteiger partial charge in [-0.1, -0.05) is 25.6 Å². The number of halogens is 1. The van der Waals surface area contributed by atoms with Crippen LogP contribution in [-0.4, -0.2) is 75.1 Å². The highest BCUT2D eigenvalue weighted by Crippen LogP contribution is 2.25. The Balaban J connectivity index is 1.42. The van der Waals surface area contributed by atoms with Gasteiger partial charge in [-0.05, 0) is 44.9 Å². The Hall–Kier alpha value is -3.60. The molecule has 2 amide bonds. The van der Waals surface area contributed by atoms with Crippen molar-refractivity contribution in [2.45, 2.75) is 58.8 Å². The molecule has 2 saturated heterocycles. The Morgan fingerprint density at radius 2 is 2.11 bits per heavy atom. The van der Waals surface area contributed by atoms with Crippen LogP contribution in [0.5, 0.6) is 0 Å². The second kappa shape index (κ2) is 11.2. The molecule has 1 aromatic carbocycles. The fourth-order valence-corrected chi connectivity index (χ4v) is 4.75. The molecule has 2 fully saturated rings. The number of piperazine rings is 1. The number of hydrogen-bond acceptors (Lipinski definition) is 8. The monoisotopic (exact) mass is 511 g/mol. The first-order valence-electron chi connectivity index (χ1n) is 12.6. The van der Waals surface area contributed by atoms with Crippen molar-refractivity contribution in [2.24, 2.45) is 0 Å². The number of ether oxygens (including phenoxy) is 1. The highest BCUT2D eigenvalue weighted by Gasteiger charge is 2.35. The van der Waals surface area contributed by atoms with Crippen molar-refractivity contribution < 1.29 is 18.7 Å². The van der Waals surface area contributed by atoms with E-state index in [4.69, 9.17) is 4.74 Å². The zero-order valence-corrected chi connectivity index (χ0v) is 21.8. The molecule has 2 aliphatic heterocycles. The topological polar surface area (TPSA) is 104 Å². The second-order valence-corrected chi connectivity index (χ2v) is 9.55. The Bertz CT molecular complexity index is 1180. The van der Waals surface area contributed by atoms with E-state index in [1.165, 1.54) is 17.0 Å². The highest BCUT2D eigenvalue weighted by atomic mass is 19.1. The van der Waals surface area contributed by atoms with Crippen molar-refractivity contribution in [3.63, 3.8) is 0 Å². The van der Waals surface area contributed by atoms with E-state index in [2.05, 4.69) is 31.7 Å². The molecule has 0 bridgehead atoms. The van der Waals surface area contributed by atoms with Crippen LogP contribution in [-0.2, 0) is 16.1 Å². The fourth-order valence-electron chi connectivity index (χ4n) is 4.75. The summed E-state index contributed by atoms with van der Waals surface area (Å²) >= 11 is 0. The lowest BCUT2D eigenvalue weighted by Crippen LogP contribution is -2.53. The summed E-state index contributed by atoms with van der Waals surface area (Å²) in [5.41, 5.74) is 1.34. The van der Waals surface area contributed by atoms with E-state index < -0.39 is 6.09 Å². The summed E-state index contributed by atoms with van der Waals surface area (Å²) < 4.78 is 20.2. The predicted molar refractivity (Wildman–Crippen MR) is 138 cm³/mol. The summed E-state index contributed by atoms with van der Waals surface area (Å²) in [6.45, 7) is 13.8. The first-order chi connectivity index (χ1) is 17.7. The number of nitrogens with one attached hydrogen (secondary N) is 1. The van der Waals surface area contributed by atoms with E-state index in [1.54, 1.807) is 17.9 Å². The molecule has 2 aromatic rings. The van der Waals surface area contributed by atoms with Gasteiger partial charge in [0.25, 0.3) is 0 Å². The van der Waals surface area contributed by atoms with E-state index in [9.17, 15) is 9.59 Å². The molecule has 0 saturated carbocycles. The van der Waals surface area contributed by atoms with Crippen molar-refractivity contribution in [1.82, 2.24) is 24.8 Å². The van der Waals surface area contributed by atoms with Crippen LogP contribution in [0, 0.1) is 12.7 Å². The van der Waals surface area contributed by atoms with Crippen molar-refractivity contribution in [3.8, 4) is 0 Å². The standard InChI is InChI=1S/C26H34FN7O3/c1-6-21-15-37-26(36)34(21)25-30-18(5)29-24(31-25)28-17(4)19-8-9-20(22(27)12-19)14-32-10-11-33(16(3)13-32)23(35)7-2/h7-9,12,16-17,21H,2,6,10-11,13-15H2,1,3-5H3,(H,28,29,30,31)/t16-,17+,21+/m1/s1. The zero-order valence-electron chi connectivity index (χ0n) is 21.8. The van der Waals surface area contributed by atoms with Crippen LogP contribution in [0.15, 0.2) is 30.9 Å². The van der Waals surface area contributed by atoms with Crippen LogP contribution in [0.3, 0.4) is 0 Å². The maximum absolute atomic E-state index is 15.1. The van der Waals surface area contributed by atoms with E-state index in [0.29, 0.717) is 56.5 Å². The predicted octanol–water partition coefficient (Wildman–Crippen LogP) is 3.45. The van der Waals surface area contributed by atoms with Crippen LogP contribution in [0.2, 0.25) is 0 Å². The molecule has 0 aliphatic carbocycles. The van der Waals surface area contributed by atoms with Crippen LogP contribution in [0.25, 0.3) is 0 Å². The number of aromatic nitrogens is 3. The molecule has 198 valence electrons. The molecule has 1 N–H and O–H groups in total. The average molecular weight is 512 g/mol. The highest BCUT2D eigenvalue weighted by molar-refractivity contribution is 5.88. The van der Waals surface area contributed by atoms with Crippen LogP contribution in [0.4, 0.5) is 21.1 Å². The van der Waals surface area contributed by atoms with Gasteiger partial charge in [0.15, 0.2) is 0 Å². The van der Waals surface area contributed by atoms with Crippen LogP contribution >= 0.6 is 0 Å².